The van der Waals surface area contributed by atoms with Gasteiger partial charge in [-0.2, -0.15) is 0 Å². The Hall–Kier alpha value is -2.62. The lowest BCUT2D eigenvalue weighted by Crippen LogP contribution is -2.53. The number of unbranched alkanes of at least 4 members (excludes halogenated alkanes) is 3. The molecule has 10 heteroatoms. The number of hydrogen-bond acceptors (Lipinski definition) is 7. The molecule has 0 aromatic heterocycles. The van der Waals surface area contributed by atoms with E-state index in [4.69, 9.17) is 20.9 Å². The zero-order valence-electron chi connectivity index (χ0n) is 22.6. The topological polar surface area (TPSA) is 154 Å². The Bertz CT molecular complexity index is 764. The number of rotatable bonds is 14. The van der Waals surface area contributed by atoms with Gasteiger partial charge in [0.15, 0.2) is 0 Å². The van der Waals surface area contributed by atoms with Crippen LogP contribution in [0.4, 0.5) is 4.79 Å². The van der Waals surface area contributed by atoms with E-state index in [-0.39, 0.29) is 24.5 Å². The molecule has 1 aliphatic rings. The molecule has 4 atom stereocenters. The Morgan fingerprint density at radius 2 is 1.83 bits per heavy atom. The fourth-order valence-electron chi connectivity index (χ4n) is 4.08. The predicted octanol–water partition coefficient (Wildman–Crippen LogP) is 2.78. The molecule has 0 aliphatic carbocycles. The first-order valence-corrected chi connectivity index (χ1v) is 13.0. The molecule has 1 heterocycles. The van der Waals surface area contributed by atoms with Crippen LogP contribution < -0.4 is 16.8 Å². The van der Waals surface area contributed by atoms with Gasteiger partial charge in [0.05, 0.1) is 6.61 Å². The molecule has 1 saturated heterocycles. The monoisotopic (exact) mass is 510 g/mol. The Morgan fingerprint density at radius 1 is 1.14 bits per heavy atom. The molecular formula is C26H46N4O6. The van der Waals surface area contributed by atoms with Gasteiger partial charge in [-0.25, -0.2) is 4.79 Å². The minimum Gasteiger partial charge on any atom is -0.466 e. The second kappa shape index (κ2) is 15.5. The van der Waals surface area contributed by atoms with Crippen LogP contribution in [0.2, 0.25) is 0 Å². The highest BCUT2D eigenvalue weighted by Gasteiger charge is 2.40. The largest absolute Gasteiger partial charge is 0.466 e. The maximum atomic E-state index is 13.2. The number of nitrogens with zero attached hydrogens (tertiary/aromatic N) is 1. The van der Waals surface area contributed by atoms with Gasteiger partial charge in [0.25, 0.3) is 0 Å². The number of alkyl carbamates (subject to hydrolysis) is 1. The van der Waals surface area contributed by atoms with E-state index in [1.165, 1.54) is 4.90 Å². The lowest BCUT2D eigenvalue weighted by atomic mass is 10.0. The second-order valence-corrected chi connectivity index (χ2v) is 10.5. The number of allylic oxidation sites excluding steroid dienone is 2. The predicted molar refractivity (Wildman–Crippen MR) is 138 cm³/mol. The van der Waals surface area contributed by atoms with Gasteiger partial charge in [-0.05, 0) is 65.7 Å². The summed E-state index contributed by atoms with van der Waals surface area (Å²) >= 11 is 0. The van der Waals surface area contributed by atoms with Crippen molar-refractivity contribution in [2.45, 2.75) is 110 Å². The zero-order chi connectivity index (χ0) is 27.3. The first kappa shape index (κ1) is 31.4. The molecule has 0 radical (unpaired) electrons. The van der Waals surface area contributed by atoms with Gasteiger partial charge in [0, 0.05) is 19.0 Å². The summed E-state index contributed by atoms with van der Waals surface area (Å²) in [5, 5.41) is 2.68. The van der Waals surface area contributed by atoms with Gasteiger partial charge in [0.1, 0.15) is 17.7 Å². The number of hydrogen-bond donors (Lipinski definition) is 3. The summed E-state index contributed by atoms with van der Waals surface area (Å²) in [6.07, 6.45) is 8.80. The van der Waals surface area contributed by atoms with E-state index in [9.17, 15) is 19.2 Å². The number of esters is 1. The van der Waals surface area contributed by atoms with Crippen molar-refractivity contribution < 1.29 is 28.7 Å². The number of ether oxygens (including phenoxy) is 2. The van der Waals surface area contributed by atoms with Gasteiger partial charge in [-0.3, -0.25) is 14.4 Å². The van der Waals surface area contributed by atoms with Crippen molar-refractivity contribution in [1.82, 2.24) is 10.2 Å². The molecule has 0 aromatic rings. The molecule has 0 saturated carbocycles. The third-order valence-electron chi connectivity index (χ3n) is 5.87. The molecule has 0 aromatic carbocycles. The number of nitrogens with two attached hydrogens (primary N) is 2. The summed E-state index contributed by atoms with van der Waals surface area (Å²) in [7, 11) is 0. The molecule has 3 amide bonds. The van der Waals surface area contributed by atoms with Gasteiger partial charge in [0.2, 0.25) is 11.8 Å². The number of amides is 3. The molecule has 1 rings (SSSR count). The average Bonchev–Trinajstić information content (AvgIpc) is 3.16. The lowest BCUT2D eigenvalue weighted by molar-refractivity contribution is -0.143. The molecular weight excluding hydrogens is 464 g/mol. The fourth-order valence-corrected chi connectivity index (χ4v) is 4.08. The summed E-state index contributed by atoms with van der Waals surface area (Å²) in [4.78, 5) is 50.3. The summed E-state index contributed by atoms with van der Waals surface area (Å²) in [6.45, 7) is 9.73. The summed E-state index contributed by atoms with van der Waals surface area (Å²) in [6, 6.07) is -1.93. The maximum Gasteiger partial charge on any atom is 0.408 e. The van der Waals surface area contributed by atoms with Crippen LogP contribution in [0.15, 0.2) is 12.2 Å². The third kappa shape index (κ3) is 12.4. The Kier molecular flexibility index (Phi) is 13.5. The molecule has 36 heavy (non-hydrogen) atoms. The Labute approximate surface area is 215 Å². The zero-order valence-corrected chi connectivity index (χ0v) is 22.6. The van der Waals surface area contributed by atoms with Gasteiger partial charge < -0.3 is 31.2 Å². The van der Waals surface area contributed by atoms with Crippen LogP contribution in [0.25, 0.3) is 0 Å². The normalized spacial score (nSPS) is 19.7. The van der Waals surface area contributed by atoms with E-state index in [0.29, 0.717) is 38.2 Å². The van der Waals surface area contributed by atoms with Gasteiger partial charge >= 0.3 is 12.1 Å². The van der Waals surface area contributed by atoms with Crippen molar-refractivity contribution in [3.63, 3.8) is 0 Å². The maximum absolute atomic E-state index is 13.2. The van der Waals surface area contributed by atoms with E-state index >= 15 is 0 Å². The molecule has 0 bridgehead atoms. The second-order valence-electron chi connectivity index (χ2n) is 10.5. The molecule has 1 fully saturated rings. The number of nitrogens with one attached hydrogen (secondary N) is 1. The van der Waals surface area contributed by atoms with Crippen LogP contribution in [0, 0.1) is 5.92 Å². The number of carbonyl (C=O) groups is 4. The minimum absolute atomic E-state index is 0.167. The fraction of sp³-hybridized carbons (Fsp3) is 0.769. The number of likely N-dealkylation sites (tertiary alicyclic amines) is 1. The van der Waals surface area contributed by atoms with Crippen LogP contribution in [0.5, 0.6) is 0 Å². The third-order valence-corrected chi connectivity index (χ3v) is 5.87. The van der Waals surface area contributed by atoms with Crippen molar-refractivity contribution >= 4 is 23.9 Å². The van der Waals surface area contributed by atoms with Gasteiger partial charge in [-0.1, -0.05) is 31.9 Å². The average molecular weight is 511 g/mol. The van der Waals surface area contributed by atoms with Gasteiger partial charge in [-0.15, -0.1) is 0 Å². The van der Waals surface area contributed by atoms with Crippen molar-refractivity contribution in [2.24, 2.45) is 17.4 Å². The Balaban J connectivity index is 2.58. The molecule has 0 spiro atoms. The number of primary amides is 1. The van der Waals surface area contributed by atoms with Crippen LogP contribution >= 0.6 is 0 Å². The molecule has 0 unspecified atom stereocenters. The van der Waals surface area contributed by atoms with E-state index < -0.39 is 29.7 Å². The summed E-state index contributed by atoms with van der Waals surface area (Å²) in [5.41, 5.74) is 10.7. The SMILES string of the molecule is CCOC(=O)CC[C@H](C)/C=C\CCCCC[C@H](NC(=O)OC(C)(C)C)C(=O)N1C[C@H](N)C[C@H]1C(N)=O. The van der Waals surface area contributed by atoms with Crippen molar-refractivity contribution in [2.75, 3.05) is 13.2 Å². The highest BCUT2D eigenvalue weighted by atomic mass is 16.6. The molecule has 206 valence electrons. The van der Waals surface area contributed by atoms with Crippen LogP contribution in [-0.2, 0) is 23.9 Å². The number of carbonyl (C=O) groups excluding carboxylic acids is 4. The standard InChI is InChI=1S/C26H46N4O6/c1-6-35-22(31)15-14-18(2)12-10-8-7-9-11-13-20(29-25(34)36-26(3,4)5)24(33)30-17-19(27)16-21(30)23(28)32/h10,12,18-21H,6-9,11,13-17,27H2,1-5H3,(H2,28,32)(H,29,34)/b12-10-/t18-,19-,20+,21+/m1/s1. The van der Waals surface area contributed by atoms with E-state index in [0.717, 1.165) is 25.7 Å². The van der Waals surface area contributed by atoms with Crippen molar-refractivity contribution in [3.05, 3.63) is 12.2 Å². The van der Waals surface area contributed by atoms with E-state index in [1.807, 2.05) is 0 Å². The summed E-state index contributed by atoms with van der Waals surface area (Å²) < 4.78 is 10.3. The van der Waals surface area contributed by atoms with Crippen LogP contribution in [0.3, 0.4) is 0 Å². The minimum atomic E-state index is -0.828. The molecule has 1 aliphatic heterocycles. The van der Waals surface area contributed by atoms with Crippen molar-refractivity contribution in [3.8, 4) is 0 Å². The van der Waals surface area contributed by atoms with E-state index in [2.05, 4.69) is 24.4 Å². The van der Waals surface area contributed by atoms with Crippen molar-refractivity contribution in [1.29, 1.82) is 0 Å². The highest BCUT2D eigenvalue weighted by Crippen LogP contribution is 2.20. The first-order chi connectivity index (χ1) is 16.8. The quantitative estimate of drug-likeness (QED) is 0.184. The lowest BCUT2D eigenvalue weighted by Gasteiger charge is -2.28. The van der Waals surface area contributed by atoms with Crippen LogP contribution in [0.1, 0.15) is 86.0 Å². The first-order valence-electron chi connectivity index (χ1n) is 13.0. The smallest absolute Gasteiger partial charge is 0.408 e. The molecule has 5 N–H and O–H groups in total. The summed E-state index contributed by atoms with van der Waals surface area (Å²) in [5.74, 6) is -0.845. The Morgan fingerprint density at radius 3 is 2.44 bits per heavy atom. The molecule has 10 nitrogen and oxygen atoms in total. The highest BCUT2D eigenvalue weighted by molar-refractivity contribution is 5.91. The van der Waals surface area contributed by atoms with Crippen LogP contribution in [-0.4, -0.2) is 65.7 Å². The van der Waals surface area contributed by atoms with E-state index in [1.54, 1.807) is 27.7 Å².